The lowest BCUT2D eigenvalue weighted by atomic mass is 9.94. The summed E-state index contributed by atoms with van der Waals surface area (Å²) in [6.45, 7) is 0. The Morgan fingerprint density at radius 1 is 1.17 bits per heavy atom. The first-order valence-corrected chi connectivity index (χ1v) is 7.25. The predicted octanol–water partition coefficient (Wildman–Crippen LogP) is 2.75. The number of benzene rings is 2. The molecule has 0 aliphatic rings. The number of H-pyrrole nitrogens is 1. The Balaban J connectivity index is 2.28. The normalized spacial score (nSPS) is 11.5. The molecular formula is C18H17N3O2. The molecule has 116 valence electrons. The highest BCUT2D eigenvalue weighted by molar-refractivity contribution is 6.05. The molecule has 0 saturated carbocycles. The van der Waals surface area contributed by atoms with Gasteiger partial charge in [0.25, 0.3) is 0 Å². The quantitative estimate of drug-likeness (QED) is 0.728. The van der Waals surface area contributed by atoms with Crippen molar-refractivity contribution >= 4 is 22.4 Å². The summed E-state index contributed by atoms with van der Waals surface area (Å²) in [6, 6.07) is 15.6. The van der Waals surface area contributed by atoms with Gasteiger partial charge in [0.15, 0.2) is 0 Å². The van der Waals surface area contributed by atoms with E-state index in [9.17, 15) is 4.79 Å². The van der Waals surface area contributed by atoms with Crippen LogP contribution in [-0.2, 0) is 4.79 Å². The van der Waals surface area contributed by atoms with E-state index in [1.807, 2.05) is 48.5 Å². The molecule has 0 unspecified atom stereocenters. The number of rotatable bonds is 4. The van der Waals surface area contributed by atoms with Gasteiger partial charge in [-0.1, -0.05) is 42.5 Å². The molecule has 0 spiro atoms. The van der Waals surface area contributed by atoms with Crippen molar-refractivity contribution in [1.82, 2.24) is 15.5 Å². The minimum absolute atomic E-state index is 0.164. The van der Waals surface area contributed by atoms with E-state index in [2.05, 4.69) is 15.5 Å². The van der Waals surface area contributed by atoms with E-state index >= 15 is 0 Å². The Morgan fingerprint density at radius 3 is 2.65 bits per heavy atom. The van der Waals surface area contributed by atoms with Gasteiger partial charge in [0.2, 0.25) is 11.8 Å². The van der Waals surface area contributed by atoms with E-state index in [1.54, 1.807) is 20.2 Å². The lowest BCUT2D eigenvalue weighted by Gasteiger charge is -2.10. The topological polar surface area (TPSA) is 67.0 Å². The van der Waals surface area contributed by atoms with Crippen LogP contribution in [-0.4, -0.2) is 30.3 Å². The molecule has 3 rings (SSSR count). The smallest absolute Gasteiger partial charge is 0.244 e. The molecule has 23 heavy (non-hydrogen) atoms. The van der Waals surface area contributed by atoms with E-state index in [-0.39, 0.29) is 5.91 Å². The van der Waals surface area contributed by atoms with Crippen molar-refractivity contribution in [2.45, 2.75) is 0 Å². The van der Waals surface area contributed by atoms with Crippen molar-refractivity contribution < 1.29 is 9.53 Å². The van der Waals surface area contributed by atoms with E-state index in [0.29, 0.717) is 5.88 Å². The first-order chi connectivity index (χ1) is 11.2. The van der Waals surface area contributed by atoms with Crippen LogP contribution in [0.4, 0.5) is 0 Å². The van der Waals surface area contributed by atoms with Crippen molar-refractivity contribution in [2.24, 2.45) is 0 Å². The van der Waals surface area contributed by atoms with Gasteiger partial charge >= 0.3 is 0 Å². The number of ether oxygens (including phenoxy) is 1. The number of carbonyl (C=O) groups excluding carboxylic acids is 1. The second-order valence-electron chi connectivity index (χ2n) is 5.00. The molecule has 2 N–H and O–H groups in total. The Labute approximate surface area is 134 Å². The summed E-state index contributed by atoms with van der Waals surface area (Å²) in [7, 11) is 3.19. The second-order valence-corrected chi connectivity index (χ2v) is 5.00. The fourth-order valence-corrected chi connectivity index (χ4v) is 2.55. The van der Waals surface area contributed by atoms with Gasteiger partial charge in [0.05, 0.1) is 18.0 Å². The van der Waals surface area contributed by atoms with E-state index in [1.165, 1.54) is 0 Å². The van der Waals surface area contributed by atoms with Crippen LogP contribution in [0.5, 0.6) is 5.88 Å². The van der Waals surface area contributed by atoms with Gasteiger partial charge in [-0.05, 0) is 22.8 Å². The largest absolute Gasteiger partial charge is 0.479 e. The minimum Gasteiger partial charge on any atom is -0.479 e. The summed E-state index contributed by atoms with van der Waals surface area (Å²) in [4.78, 5) is 12.0. The lowest BCUT2D eigenvalue weighted by molar-refractivity contribution is -0.116. The summed E-state index contributed by atoms with van der Waals surface area (Å²) in [5.41, 5.74) is 3.52. The van der Waals surface area contributed by atoms with Crippen LogP contribution >= 0.6 is 0 Å². The summed E-state index contributed by atoms with van der Waals surface area (Å²) in [5.74, 6) is 0.345. The Morgan fingerprint density at radius 2 is 1.96 bits per heavy atom. The number of fused-ring (bicyclic) bond motifs is 1. The van der Waals surface area contributed by atoms with Gasteiger partial charge in [-0.2, -0.15) is 0 Å². The molecule has 0 aliphatic carbocycles. The molecule has 3 aromatic rings. The van der Waals surface area contributed by atoms with E-state index in [4.69, 9.17) is 4.74 Å². The standard InChI is InChI=1S/C18H17N3O2/c1-19-16(22)11-14(12-7-4-3-5-8-12)13-9-6-10-15-17(13)18(23-2)21-20-15/h3-11H,1-2H3,(H,19,22)(H,20,21)/b14-11-. The Hall–Kier alpha value is -3.08. The van der Waals surface area contributed by atoms with Crippen LogP contribution in [0.3, 0.4) is 0 Å². The van der Waals surface area contributed by atoms with Gasteiger partial charge in [0.1, 0.15) is 0 Å². The number of hydrogen-bond acceptors (Lipinski definition) is 3. The summed E-state index contributed by atoms with van der Waals surface area (Å²) < 4.78 is 5.36. The second kappa shape index (κ2) is 6.36. The van der Waals surface area contributed by atoms with Gasteiger partial charge in [-0.15, -0.1) is 5.10 Å². The number of aromatic amines is 1. The summed E-state index contributed by atoms with van der Waals surface area (Å²) in [6.07, 6.45) is 1.59. The molecule has 0 saturated heterocycles. The Kier molecular flexibility index (Phi) is 4.10. The lowest BCUT2D eigenvalue weighted by Crippen LogP contribution is -2.15. The number of amides is 1. The molecule has 1 aromatic heterocycles. The van der Waals surface area contributed by atoms with Gasteiger partial charge in [-0.3, -0.25) is 9.89 Å². The van der Waals surface area contributed by atoms with Crippen LogP contribution in [0.1, 0.15) is 11.1 Å². The van der Waals surface area contributed by atoms with Crippen molar-refractivity contribution in [3.05, 3.63) is 65.7 Å². The number of likely N-dealkylation sites (N-methyl/N-ethyl adjacent to an activating group) is 1. The molecule has 5 nitrogen and oxygen atoms in total. The van der Waals surface area contributed by atoms with Crippen LogP contribution in [0, 0.1) is 0 Å². The number of carbonyl (C=O) groups is 1. The molecule has 0 bridgehead atoms. The monoisotopic (exact) mass is 307 g/mol. The molecule has 0 radical (unpaired) electrons. The first kappa shape index (κ1) is 14.8. The third-order valence-corrected chi connectivity index (χ3v) is 3.65. The molecule has 1 amide bonds. The highest BCUT2D eigenvalue weighted by Crippen LogP contribution is 2.34. The molecule has 0 aliphatic heterocycles. The van der Waals surface area contributed by atoms with E-state index in [0.717, 1.165) is 27.6 Å². The molecule has 5 heteroatoms. The zero-order valence-corrected chi connectivity index (χ0v) is 13.0. The first-order valence-electron chi connectivity index (χ1n) is 7.25. The maximum Gasteiger partial charge on any atom is 0.244 e. The van der Waals surface area contributed by atoms with Crippen LogP contribution in [0.2, 0.25) is 0 Å². The van der Waals surface area contributed by atoms with Crippen LogP contribution in [0.15, 0.2) is 54.6 Å². The van der Waals surface area contributed by atoms with Crippen molar-refractivity contribution in [3.63, 3.8) is 0 Å². The SMILES string of the molecule is CNC(=O)/C=C(/c1ccccc1)c1cccc2[nH]nc(OC)c12. The molecule has 2 aromatic carbocycles. The minimum atomic E-state index is -0.164. The predicted molar refractivity (Wildman–Crippen MR) is 90.2 cm³/mol. The Bertz CT molecular complexity index is 866. The number of methoxy groups -OCH3 is 1. The molecule has 1 heterocycles. The third kappa shape index (κ3) is 2.81. The molecular weight excluding hydrogens is 290 g/mol. The van der Waals surface area contributed by atoms with Crippen LogP contribution in [0.25, 0.3) is 16.5 Å². The van der Waals surface area contributed by atoms with Crippen LogP contribution < -0.4 is 10.1 Å². The van der Waals surface area contributed by atoms with Crippen molar-refractivity contribution in [2.75, 3.05) is 14.2 Å². The average molecular weight is 307 g/mol. The van der Waals surface area contributed by atoms with E-state index < -0.39 is 0 Å². The van der Waals surface area contributed by atoms with Gasteiger partial charge in [-0.25, -0.2) is 0 Å². The summed E-state index contributed by atoms with van der Waals surface area (Å²) >= 11 is 0. The fourth-order valence-electron chi connectivity index (χ4n) is 2.55. The zero-order valence-electron chi connectivity index (χ0n) is 13.0. The van der Waals surface area contributed by atoms with Gasteiger partial charge < -0.3 is 10.1 Å². The number of nitrogens with one attached hydrogen (secondary N) is 2. The van der Waals surface area contributed by atoms with Gasteiger partial charge in [0, 0.05) is 13.1 Å². The highest BCUT2D eigenvalue weighted by Gasteiger charge is 2.16. The van der Waals surface area contributed by atoms with Crippen molar-refractivity contribution in [3.8, 4) is 5.88 Å². The maximum atomic E-state index is 12.0. The maximum absolute atomic E-state index is 12.0. The average Bonchev–Trinajstić information content (AvgIpc) is 3.03. The summed E-state index contributed by atoms with van der Waals surface area (Å²) in [5, 5.41) is 10.6. The fraction of sp³-hybridized carbons (Fsp3) is 0.111. The molecule has 0 atom stereocenters. The number of hydrogen-bond donors (Lipinski definition) is 2. The number of aromatic nitrogens is 2. The molecule has 0 fully saturated rings. The third-order valence-electron chi connectivity index (χ3n) is 3.65. The highest BCUT2D eigenvalue weighted by atomic mass is 16.5. The zero-order chi connectivity index (χ0) is 16.2. The van der Waals surface area contributed by atoms with Crippen molar-refractivity contribution in [1.29, 1.82) is 0 Å². The number of nitrogens with zero attached hydrogens (tertiary/aromatic N) is 1.